The van der Waals surface area contributed by atoms with Crippen LogP contribution in [0.15, 0.2) is 17.5 Å². The summed E-state index contributed by atoms with van der Waals surface area (Å²) in [4.78, 5) is 11.9. The van der Waals surface area contributed by atoms with E-state index in [1.807, 2.05) is 13.2 Å². The van der Waals surface area contributed by atoms with Crippen molar-refractivity contribution in [3.05, 3.63) is 18.0 Å². The van der Waals surface area contributed by atoms with Crippen LogP contribution in [-0.2, 0) is 18.3 Å². The summed E-state index contributed by atoms with van der Waals surface area (Å²) in [6, 6.07) is 0. The van der Waals surface area contributed by atoms with E-state index in [-0.39, 0.29) is 11.7 Å². The average molecular weight is 253 g/mol. The van der Waals surface area contributed by atoms with Gasteiger partial charge in [0.1, 0.15) is 5.41 Å². The summed E-state index contributed by atoms with van der Waals surface area (Å²) in [5.74, 6) is -0.386. The van der Waals surface area contributed by atoms with Crippen LogP contribution in [0.4, 0.5) is 0 Å². The summed E-state index contributed by atoms with van der Waals surface area (Å²) < 4.78 is 1.71. The van der Waals surface area contributed by atoms with Crippen molar-refractivity contribution < 1.29 is 10.0 Å². The number of amides is 1. The number of hydrogen-bond acceptors (Lipinski definition) is 4. The first kappa shape index (κ1) is 14.0. The third-order valence-electron chi connectivity index (χ3n) is 2.77. The van der Waals surface area contributed by atoms with Crippen LogP contribution in [0.25, 0.3) is 0 Å². The lowest BCUT2D eigenvalue weighted by molar-refractivity contribution is -0.126. The SMILES string of the molecule is Cn1cc(CCNC(=O)C(C)(C)/C(N)=N/O)cn1. The lowest BCUT2D eigenvalue weighted by atomic mass is 9.91. The standard InChI is InChI=1S/C11H19N5O2/c1-11(2,9(12)15-18)10(17)13-5-4-8-6-14-16(3)7-8/h6-7,18H,4-5H2,1-3H3,(H2,12,15)(H,13,17). The molecule has 7 heteroatoms. The maximum Gasteiger partial charge on any atom is 0.233 e. The van der Waals surface area contributed by atoms with Gasteiger partial charge in [0.15, 0.2) is 5.84 Å². The number of aryl methyl sites for hydroxylation is 1. The van der Waals surface area contributed by atoms with Crippen LogP contribution in [0, 0.1) is 5.41 Å². The van der Waals surface area contributed by atoms with Gasteiger partial charge >= 0.3 is 0 Å². The molecule has 7 nitrogen and oxygen atoms in total. The van der Waals surface area contributed by atoms with Gasteiger partial charge in [-0.1, -0.05) is 5.16 Å². The molecule has 0 saturated carbocycles. The number of carbonyl (C=O) groups is 1. The van der Waals surface area contributed by atoms with Crippen molar-refractivity contribution in [3.8, 4) is 0 Å². The van der Waals surface area contributed by atoms with E-state index < -0.39 is 5.41 Å². The molecule has 0 unspecified atom stereocenters. The van der Waals surface area contributed by atoms with E-state index in [0.717, 1.165) is 5.56 Å². The Morgan fingerprint density at radius 1 is 1.67 bits per heavy atom. The van der Waals surface area contributed by atoms with E-state index in [0.29, 0.717) is 13.0 Å². The molecule has 0 saturated heterocycles. The highest BCUT2D eigenvalue weighted by molar-refractivity contribution is 6.05. The lowest BCUT2D eigenvalue weighted by Crippen LogP contribution is -2.46. The molecule has 0 radical (unpaired) electrons. The molecule has 1 aromatic heterocycles. The van der Waals surface area contributed by atoms with Gasteiger partial charge in [0, 0.05) is 19.8 Å². The normalized spacial score (nSPS) is 12.5. The quantitative estimate of drug-likeness (QED) is 0.294. The Morgan fingerprint density at radius 3 is 2.83 bits per heavy atom. The maximum absolute atomic E-state index is 11.9. The zero-order chi connectivity index (χ0) is 13.8. The van der Waals surface area contributed by atoms with E-state index in [4.69, 9.17) is 10.9 Å². The number of rotatable bonds is 5. The van der Waals surface area contributed by atoms with Crippen molar-refractivity contribution in [1.82, 2.24) is 15.1 Å². The molecule has 0 atom stereocenters. The zero-order valence-corrected chi connectivity index (χ0v) is 10.8. The highest BCUT2D eigenvalue weighted by atomic mass is 16.4. The monoisotopic (exact) mass is 253 g/mol. The highest BCUT2D eigenvalue weighted by Gasteiger charge is 2.32. The first-order chi connectivity index (χ1) is 8.37. The molecule has 0 bridgehead atoms. The summed E-state index contributed by atoms with van der Waals surface area (Å²) in [7, 11) is 1.84. The average Bonchev–Trinajstić information content (AvgIpc) is 2.73. The van der Waals surface area contributed by atoms with Gasteiger partial charge < -0.3 is 16.3 Å². The fraction of sp³-hybridized carbons (Fsp3) is 0.545. The van der Waals surface area contributed by atoms with Crippen LogP contribution in [0.2, 0.25) is 0 Å². The van der Waals surface area contributed by atoms with Gasteiger partial charge in [-0.2, -0.15) is 5.10 Å². The largest absolute Gasteiger partial charge is 0.409 e. The van der Waals surface area contributed by atoms with Crippen molar-refractivity contribution in [1.29, 1.82) is 0 Å². The smallest absolute Gasteiger partial charge is 0.233 e. The molecule has 1 aromatic rings. The van der Waals surface area contributed by atoms with Gasteiger partial charge in [0.05, 0.1) is 6.20 Å². The van der Waals surface area contributed by atoms with Crippen LogP contribution >= 0.6 is 0 Å². The molecular formula is C11H19N5O2. The molecule has 100 valence electrons. The third-order valence-corrected chi connectivity index (χ3v) is 2.77. The van der Waals surface area contributed by atoms with Crippen LogP contribution in [0.1, 0.15) is 19.4 Å². The molecule has 4 N–H and O–H groups in total. The van der Waals surface area contributed by atoms with Crippen molar-refractivity contribution in [2.24, 2.45) is 23.4 Å². The number of aromatic nitrogens is 2. The number of hydrogen-bond donors (Lipinski definition) is 3. The molecule has 1 amide bonds. The third kappa shape index (κ3) is 3.22. The summed E-state index contributed by atoms with van der Waals surface area (Å²) in [5, 5.41) is 18.3. The zero-order valence-electron chi connectivity index (χ0n) is 10.8. The molecule has 0 aliphatic carbocycles. The molecule has 0 aromatic carbocycles. The Balaban J connectivity index is 2.47. The summed E-state index contributed by atoms with van der Waals surface area (Å²) in [5.41, 5.74) is 5.48. The molecule has 0 fully saturated rings. The van der Waals surface area contributed by atoms with Crippen molar-refractivity contribution in [2.75, 3.05) is 6.54 Å². The Hall–Kier alpha value is -2.05. The number of nitrogens with two attached hydrogens (primary N) is 1. The minimum Gasteiger partial charge on any atom is -0.409 e. The van der Waals surface area contributed by atoms with Gasteiger partial charge in [-0.3, -0.25) is 9.48 Å². The van der Waals surface area contributed by atoms with E-state index in [1.54, 1.807) is 24.7 Å². The Bertz CT molecular complexity index is 450. The van der Waals surface area contributed by atoms with Crippen LogP contribution < -0.4 is 11.1 Å². The summed E-state index contributed by atoms with van der Waals surface area (Å²) in [6.45, 7) is 3.68. The molecule has 1 heterocycles. The number of amidine groups is 1. The van der Waals surface area contributed by atoms with Gasteiger partial charge in [-0.25, -0.2) is 0 Å². The summed E-state index contributed by atoms with van der Waals surface area (Å²) in [6.07, 6.45) is 4.33. The van der Waals surface area contributed by atoms with Crippen LogP contribution in [0.5, 0.6) is 0 Å². The van der Waals surface area contributed by atoms with Crippen molar-refractivity contribution in [3.63, 3.8) is 0 Å². The van der Waals surface area contributed by atoms with E-state index in [9.17, 15) is 4.79 Å². The fourth-order valence-corrected chi connectivity index (χ4v) is 1.38. The highest BCUT2D eigenvalue weighted by Crippen LogP contribution is 2.14. The van der Waals surface area contributed by atoms with Crippen LogP contribution in [-0.4, -0.2) is 33.3 Å². The molecule has 0 aliphatic heterocycles. The van der Waals surface area contributed by atoms with Crippen molar-refractivity contribution in [2.45, 2.75) is 20.3 Å². The first-order valence-corrected chi connectivity index (χ1v) is 5.61. The van der Waals surface area contributed by atoms with Gasteiger partial charge in [0.25, 0.3) is 0 Å². The van der Waals surface area contributed by atoms with Crippen molar-refractivity contribution >= 4 is 11.7 Å². The van der Waals surface area contributed by atoms with Crippen LogP contribution in [0.3, 0.4) is 0 Å². The fourth-order valence-electron chi connectivity index (χ4n) is 1.38. The second kappa shape index (κ2) is 5.52. The van der Waals surface area contributed by atoms with E-state index >= 15 is 0 Å². The van der Waals surface area contributed by atoms with Gasteiger partial charge in [-0.15, -0.1) is 0 Å². The van der Waals surface area contributed by atoms with E-state index in [1.165, 1.54) is 0 Å². The second-order valence-corrected chi connectivity index (χ2v) is 4.64. The molecule has 1 rings (SSSR count). The topological polar surface area (TPSA) is 106 Å². The van der Waals surface area contributed by atoms with Gasteiger partial charge in [0.2, 0.25) is 5.91 Å². The minimum atomic E-state index is -1.02. The molecule has 0 aliphatic rings. The Labute approximate surface area is 106 Å². The first-order valence-electron chi connectivity index (χ1n) is 5.61. The number of oxime groups is 1. The van der Waals surface area contributed by atoms with E-state index in [2.05, 4.69) is 15.6 Å². The summed E-state index contributed by atoms with van der Waals surface area (Å²) >= 11 is 0. The predicted octanol–water partition coefficient (Wildman–Crippen LogP) is -0.149. The second-order valence-electron chi connectivity index (χ2n) is 4.64. The Morgan fingerprint density at radius 2 is 2.33 bits per heavy atom. The minimum absolute atomic E-state index is 0.110. The number of nitrogens with zero attached hydrogens (tertiary/aromatic N) is 3. The lowest BCUT2D eigenvalue weighted by Gasteiger charge is -2.21. The molecular weight excluding hydrogens is 234 g/mol. The van der Waals surface area contributed by atoms with Gasteiger partial charge in [-0.05, 0) is 25.8 Å². The Kier molecular flexibility index (Phi) is 4.30. The predicted molar refractivity (Wildman–Crippen MR) is 67.1 cm³/mol. The molecule has 18 heavy (non-hydrogen) atoms. The maximum atomic E-state index is 11.9. The number of carbonyl (C=O) groups excluding carboxylic acids is 1. The molecule has 0 spiro atoms. The number of nitrogens with one attached hydrogen (secondary N) is 1.